The highest BCUT2D eigenvalue weighted by Gasteiger charge is 2.29. The Morgan fingerprint density at radius 3 is 2.63 bits per heavy atom. The van der Waals surface area contributed by atoms with Gasteiger partial charge in [0.2, 0.25) is 5.91 Å². The van der Waals surface area contributed by atoms with E-state index in [1.54, 1.807) is 7.11 Å². The number of methoxy groups -OCH3 is 1. The van der Waals surface area contributed by atoms with Gasteiger partial charge in [0.15, 0.2) is 5.82 Å². The van der Waals surface area contributed by atoms with E-state index in [4.69, 9.17) is 9.57 Å². The fourth-order valence-corrected chi connectivity index (χ4v) is 5.77. The van der Waals surface area contributed by atoms with Gasteiger partial charge in [-0.3, -0.25) is 9.63 Å². The van der Waals surface area contributed by atoms with Gasteiger partial charge < -0.3 is 25.2 Å². The number of ether oxygens (including phenoxy) is 1. The molecule has 2 aliphatic heterocycles. The van der Waals surface area contributed by atoms with Gasteiger partial charge in [-0.25, -0.2) is 15.0 Å². The van der Waals surface area contributed by atoms with Crippen LogP contribution < -0.4 is 25.3 Å². The van der Waals surface area contributed by atoms with E-state index in [2.05, 4.69) is 86.4 Å². The molecule has 4 aromatic rings. The number of aromatic nitrogens is 2. The Morgan fingerprint density at radius 1 is 1.05 bits per heavy atom. The van der Waals surface area contributed by atoms with Crippen LogP contribution in [-0.2, 0) is 9.63 Å². The number of fused-ring (bicyclic) bond motifs is 1. The zero-order valence-corrected chi connectivity index (χ0v) is 24.6. The highest BCUT2D eigenvalue weighted by Crippen LogP contribution is 2.40. The van der Waals surface area contributed by atoms with Crippen LogP contribution in [0.2, 0.25) is 0 Å². The third-order valence-corrected chi connectivity index (χ3v) is 8.13. The largest absolute Gasteiger partial charge is 0.494 e. The van der Waals surface area contributed by atoms with Crippen LogP contribution in [0.3, 0.4) is 0 Å². The number of hydroxylamine groups is 1. The van der Waals surface area contributed by atoms with Crippen LogP contribution >= 0.6 is 0 Å². The number of nitrogens with zero attached hydrogens (tertiary/aromatic N) is 5. The molecule has 10 nitrogen and oxygen atoms in total. The van der Waals surface area contributed by atoms with Gasteiger partial charge in [-0.2, -0.15) is 0 Å². The van der Waals surface area contributed by atoms with Crippen molar-refractivity contribution in [1.29, 1.82) is 0 Å². The number of benzene rings is 3. The average Bonchev–Trinajstić information content (AvgIpc) is 3.55. The summed E-state index contributed by atoms with van der Waals surface area (Å²) in [6.07, 6.45) is 3.64. The molecule has 10 heteroatoms. The minimum Gasteiger partial charge on any atom is -0.494 e. The van der Waals surface area contributed by atoms with Crippen molar-refractivity contribution in [3.8, 4) is 5.75 Å². The fraction of sp³-hybridized carbons (Fsp3) is 0.303. The molecule has 0 spiro atoms. The van der Waals surface area contributed by atoms with E-state index in [0.29, 0.717) is 35.4 Å². The molecule has 0 bridgehead atoms. The molecule has 3 aromatic carbocycles. The predicted octanol–water partition coefficient (Wildman–Crippen LogP) is 5.53. The van der Waals surface area contributed by atoms with Crippen molar-refractivity contribution in [1.82, 2.24) is 14.9 Å². The van der Waals surface area contributed by atoms with Crippen molar-refractivity contribution < 1.29 is 14.4 Å². The molecule has 1 amide bonds. The van der Waals surface area contributed by atoms with Crippen molar-refractivity contribution in [2.45, 2.75) is 19.4 Å². The first-order valence-corrected chi connectivity index (χ1v) is 14.7. The molecule has 1 atom stereocenters. The summed E-state index contributed by atoms with van der Waals surface area (Å²) in [5.41, 5.74) is 3.41. The molecule has 2 fully saturated rings. The maximum Gasteiger partial charge on any atom is 0.247 e. The van der Waals surface area contributed by atoms with Crippen molar-refractivity contribution in [3.05, 3.63) is 85.2 Å². The Hall–Kier alpha value is -4.67. The Labute approximate surface area is 251 Å². The Balaban J connectivity index is 1.28. The predicted molar refractivity (Wildman–Crippen MR) is 171 cm³/mol. The van der Waals surface area contributed by atoms with Crippen LogP contribution in [0.25, 0.3) is 10.8 Å². The molecule has 2 saturated heterocycles. The number of hydrogen-bond acceptors (Lipinski definition) is 9. The first kappa shape index (κ1) is 28.4. The second-order valence-electron chi connectivity index (χ2n) is 10.6. The zero-order chi connectivity index (χ0) is 29.8. The van der Waals surface area contributed by atoms with E-state index in [1.165, 1.54) is 28.7 Å². The standard InChI is InChI=1S/C33H37N7O3/c1-4-33(41)37-26-19-27(30(42-3)20-29(26)39-15-13-38(5-2)14-16-39)36-31-21-32(35-22-34-31)40-28(12-17-43-40)25-11-10-23-8-6-7-9-24(23)18-25/h4,6-11,18-22,28H,1,5,12-17H2,2-3H3,(H,37,41)(H,34,35,36). The van der Waals surface area contributed by atoms with E-state index in [0.717, 1.165) is 44.8 Å². The first-order chi connectivity index (χ1) is 21.1. The minimum atomic E-state index is -0.278. The topological polar surface area (TPSA) is 95.1 Å². The Bertz CT molecular complexity index is 1620. The third-order valence-electron chi connectivity index (χ3n) is 8.13. The summed E-state index contributed by atoms with van der Waals surface area (Å²) < 4.78 is 5.81. The van der Waals surface area contributed by atoms with E-state index in [9.17, 15) is 4.79 Å². The molecule has 222 valence electrons. The molecule has 1 unspecified atom stereocenters. The molecule has 0 aliphatic carbocycles. The molecule has 2 aliphatic rings. The van der Waals surface area contributed by atoms with Gasteiger partial charge in [-0.15, -0.1) is 0 Å². The number of likely N-dealkylation sites (N-methyl/N-ethyl adjacent to an activating group) is 1. The number of carbonyl (C=O) groups is 1. The molecule has 0 saturated carbocycles. The lowest BCUT2D eigenvalue weighted by atomic mass is 10.0. The molecule has 3 heterocycles. The van der Waals surface area contributed by atoms with Crippen LogP contribution in [0, 0.1) is 0 Å². The fourth-order valence-electron chi connectivity index (χ4n) is 5.77. The second-order valence-corrected chi connectivity index (χ2v) is 10.6. The maximum atomic E-state index is 12.4. The highest BCUT2D eigenvalue weighted by molar-refractivity contribution is 6.02. The van der Waals surface area contributed by atoms with Crippen molar-refractivity contribution >= 4 is 45.4 Å². The summed E-state index contributed by atoms with van der Waals surface area (Å²) in [4.78, 5) is 32.2. The van der Waals surface area contributed by atoms with Gasteiger partial charge in [0, 0.05) is 44.7 Å². The van der Waals surface area contributed by atoms with E-state index in [-0.39, 0.29) is 11.9 Å². The van der Waals surface area contributed by atoms with Gasteiger partial charge >= 0.3 is 0 Å². The van der Waals surface area contributed by atoms with Gasteiger partial charge in [0.25, 0.3) is 0 Å². The summed E-state index contributed by atoms with van der Waals surface area (Å²) in [6, 6.07) is 20.6. The summed E-state index contributed by atoms with van der Waals surface area (Å²) in [5.74, 6) is 1.58. The average molecular weight is 580 g/mol. The molecule has 2 N–H and O–H groups in total. The molecule has 43 heavy (non-hydrogen) atoms. The molecular formula is C33H37N7O3. The number of carbonyl (C=O) groups excluding carboxylic acids is 1. The quantitative estimate of drug-likeness (QED) is 0.248. The lowest BCUT2D eigenvalue weighted by Crippen LogP contribution is -2.46. The minimum absolute atomic E-state index is 0.0232. The van der Waals surface area contributed by atoms with E-state index >= 15 is 0 Å². The van der Waals surface area contributed by atoms with Gasteiger partial charge in [0.1, 0.15) is 17.9 Å². The SMILES string of the molecule is C=CC(=O)Nc1cc(Nc2cc(N3OCCC3c3ccc4ccccc4c3)ncn2)c(OC)cc1N1CCN(CC)CC1. The van der Waals surface area contributed by atoms with Crippen molar-refractivity contribution in [3.63, 3.8) is 0 Å². The second kappa shape index (κ2) is 12.7. The molecule has 6 rings (SSSR count). The number of amides is 1. The highest BCUT2D eigenvalue weighted by atomic mass is 16.7. The summed E-state index contributed by atoms with van der Waals surface area (Å²) in [6.45, 7) is 11.0. The summed E-state index contributed by atoms with van der Waals surface area (Å²) >= 11 is 0. The van der Waals surface area contributed by atoms with Crippen LogP contribution in [0.4, 0.5) is 28.7 Å². The number of piperazine rings is 1. The van der Waals surface area contributed by atoms with Gasteiger partial charge in [-0.1, -0.05) is 49.9 Å². The Morgan fingerprint density at radius 2 is 1.86 bits per heavy atom. The summed E-state index contributed by atoms with van der Waals surface area (Å²) in [5, 5.41) is 10.6. The molecular weight excluding hydrogens is 542 g/mol. The number of nitrogens with one attached hydrogen (secondary N) is 2. The first-order valence-electron chi connectivity index (χ1n) is 14.7. The van der Waals surface area contributed by atoms with Gasteiger partial charge in [0.05, 0.1) is 36.8 Å². The van der Waals surface area contributed by atoms with Crippen LogP contribution in [0.5, 0.6) is 5.75 Å². The van der Waals surface area contributed by atoms with Crippen LogP contribution in [0.1, 0.15) is 24.9 Å². The lowest BCUT2D eigenvalue weighted by molar-refractivity contribution is -0.111. The third kappa shape index (κ3) is 6.11. The normalized spacial score (nSPS) is 17.2. The van der Waals surface area contributed by atoms with E-state index < -0.39 is 0 Å². The van der Waals surface area contributed by atoms with Crippen LogP contribution in [0.15, 0.2) is 79.6 Å². The Kier molecular flexibility index (Phi) is 8.39. The number of hydrogen-bond donors (Lipinski definition) is 2. The lowest BCUT2D eigenvalue weighted by Gasteiger charge is -2.36. The summed E-state index contributed by atoms with van der Waals surface area (Å²) in [7, 11) is 1.64. The molecule has 0 radical (unpaired) electrons. The number of rotatable bonds is 9. The molecule has 1 aromatic heterocycles. The maximum absolute atomic E-state index is 12.4. The number of anilines is 5. The van der Waals surface area contributed by atoms with Crippen LogP contribution in [-0.4, -0.2) is 67.2 Å². The van der Waals surface area contributed by atoms with Gasteiger partial charge in [-0.05, 0) is 41.1 Å². The smallest absolute Gasteiger partial charge is 0.247 e. The monoisotopic (exact) mass is 579 g/mol. The van der Waals surface area contributed by atoms with Crippen molar-refractivity contribution in [2.24, 2.45) is 0 Å². The van der Waals surface area contributed by atoms with Crippen molar-refractivity contribution in [2.75, 3.05) is 67.0 Å². The van der Waals surface area contributed by atoms with E-state index in [1.807, 2.05) is 23.3 Å². The zero-order valence-electron chi connectivity index (χ0n) is 24.6.